The zero-order valence-electron chi connectivity index (χ0n) is 16.6. The summed E-state index contributed by atoms with van der Waals surface area (Å²) in [6.45, 7) is 5.31. The SMILES string of the molecule is CC(C)(N)c1cc(-c2ccc(F)cc2)nc(C(C)(O)CCC(=O)c2cocn2)c1. The van der Waals surface area contributed by atoms with Gasteiger partial charge in [0.05, 0.1) is 11.4 Å². The van der Waals surface area contributed by atoms with Crippen LogP contribution in [0, 0.1) is 5.82 Å². The Morgan fingerprint density at radius 2 is 1.90 bits per heavy atom. The van der Waals surface area contributed by atoms with Crippen molar-refractivity contribution in [3.8, 4) is 11.3 Å². The lowest BCUT2D eigenvalue weighted by Crippen LogP contribution is -2.31. The largest absolute Gasteiger partial charge is 0.451 e. The molecular weight excluding hydrogens is 373 g/mol. The highest BCUT2D eigenvalue weighted by atomic mass is 19.1. The van der Waals surface area contributed by atoms with E-state index < -0.39 is 11.1 Å². The number of aliphatic hydroxyl groups is 1. The highest BCUT2D eigenvalue weighted by molar-refractivity contribution is 5.93. The number of rotatable bonds is 7. The number of carbonyl (C=O) groups excluding carboxylic acids is 1. The molecule has 0 aliphatic carbocycles. The molecule has 0 aliphatic heterocycles. The maximum Gasteiger partial charge on any atom is 0.184 e. The summed E-state index contributed by atoms with van der Waals surface area (Å²) in [7, 11) is 0. The number of oxazole rings is 1. The van der Waals surface area contributed by atoms with Gasteiger partial charge in [-0.2, -0.15) is 0 Å². The van der Waals surface area contributed by atoms with Crippen LogP contribution in [0.5, 0.6) is 0 Å². The van der Waals surface area contributed by atoms with Crippen molar-refractivity contribution in [3.05, 3.63) is 71.8 Å². The van der Waals surface area contributed by atoms with Gasteiger partial charge in [-0.05, 0) is 69.2 Å². The Hall–Kier alpha value is -2.90. The van der Waals surface area contributed by atoms with Gasteiger partial charge in [0, 0.05) is 17.5 Å². The maximum absolute atomic E-state index is 13.3. The lowest BCUT2D eigenvalue weighted by Gasteiger charge is -2.27. The Morgan fingerprint density at radius 3 is 2.48 bits per heavy atom. The number of hydrogen-bond donors (Lipinski definition) is 2. The number of carbonyl (C=O) groups is 1. The average molecular weight is 397 g/mol. The molecule has 0 amide bonds. The molecule has 2 aromatic heterocycles. The fraction of sp³-hybridized carbons (Fsp3) is 0.318. The summed E-state index contributed by atoms with van der Waals surface area (Å²) in [4.78, 5) is 20.6. The summed E-state index contributed by atoms with van der Waals surface area (Å²) in [6.07, 6.45) is 2.68. The lowest BCUT2D eigenvalue weighted by molar-refractivity contribution is 0.0395. The number of hydrogen-bond acceptors (Lipinski definition) is 6. The average Bonchev–Trinajstić information content (AvgIpc) is 3.20. The highest BCUT2D eigenvalue weighted by Crippen LogP contribution is 2.31. The van der Waals surface area contributed by atoms with Crippen LogP contribution in [0.4, 0.5) is 4.39 Å². The van der Waals surface area contributed by atoms with Crippen LogP contribution in [0.25, 0.3) is 11.3 Å². The van der Waals surface area contributed by atoms with E-state index in [2.05, 4.69) is 9.97 Å². The third-order valence-corrected chi connectivity index (χ3v) is 4.82. The number of Topliss-reactive ketones (excluding diaryl/α,β-unsaturated/α-hetero) is 1. The Bertz CT molecular complexity index is 991. The van der Waals surface area contributed by atoms with Crippen molar-refractivity contribution in [2.75, 3.05) is 0 Å². The van der Waals surface area contributed by atoms with Crippen molar-refractivity contribution < 1.29 is 18.7 Å². The van der Waals surface area contributed by atoms with Gasteiger partial charge in [0.25, 0.3) is 0 Å². The zero-order chi connectivity index (χ0) is 21.2. The normalized spacial score (nSPS) is 13.9. The molecule has 3 rings (SSSR count). The zero-order valence-corrected chi connectivity index (χ0v) is 16.6. The summed E-state index contributed by atoms with van der Waals surface area (Å²) in [6, 6.07) is 9.52. The van der Waals surface area contributed by atoms with Crippen molar-refractivity contribution >= 4 is 5.78 Å². The van der Waals surface area contributed by atoms with Crippen LogP contribution in [0.3, 0.4) is 0 Å². The Balaban J connectivity index is 1.94. The summed E-state index contributed by atoms with van der Waals surface area (Å²) in [5.74, 6) is -0.573. The van der Waals surface area contributed by atoms with Crippen molar-refractivity contribution in [1.82, 2.24) is 9.97 Å². The first-order valence-electron chi connectivity index (χ1n) is 9.28. The first kappa shape index (κ1) is 20.8. The molecule has 0 radical (unpaired) electrons. The molecule has 2 heterocycles. The van der Waals surface area contributed by atoms with Crippen LogP contribution in [0.1, 0.15) is 55.4 Å². The van der Waals surface area contributed by atoms with Crippen LogP contribution in [-0.2, 0) is 11.1 Å². The molecule has 0 bridgehead atoms. The molecule has 0 fully saturated rings. The van der Waals surface area contributed by atoms with Crippen molar-refractivity contribution in [2.24, 2.45) is 5.73 Å². The number of ketones is 1. The topological polar surface area (TPSA) is 102 Å². The molecule has 3 aromatic rings. The maximum atomic E-state index is 13.3. The molecular formula is C22H24FN3O3. The van der Waals surface area contributed by atoms with Crippen LogP contribution in [-0.4, -0.2) is 20.9 Å². The summed E-state index contributed by atoms with van der Waals surface area (Å²) >= 11 is 0. The molecule has 6 nitrogen and oxygen atoms in total. The van der Waals surface area contributed by atoms with Gasteiger partial charge in [-0.1, -0.05) is 0 Å². The van der Waals surface area contributed by atoms with Gasteiger partial charge in [-0.3, -0.25) is 4.79 Å². The Morgan fingerprint density at radius 1 is 1.21 bits per heavy atom. The van der Waals surface area contributed by atoms with Crippen LogP contribution in [0.2, 0.25) is 0 Å². The van der Waals surface area contributed by atoms with Gasteiger partial charge in [-0.15, -0.1) is 0 Å². The number of aromatic nitrogens is 2. The molecule has 0 spiro atoms. The molecule has 152 valence electrons. The van der Waals surface area contributed by atoms with E-state index in [4.69, 9.17) is 10.2 Å². The monoisotopic (exact) mass is 397 g/mol. The number of pyridine rings is 1. The smallest absolute Gasteiger partial charge is 0.184 e. The number of nitrogens with zero attached hydrogens (tertiary/aromatic N) is 2. The molecule has 0 saturated carbocycles. The summed E-state index contributed by atoms with van der Waals surface area (Å²) < 4.78 is 18.1. The fourth-order valence-corrected chi connectivity index (χ4v) is 2.91. The predicted molar refractivity (Wildman–Crippen MR) is 106 cm³/mol. The predicted octanol–water partition coefficient (Wildman–Crippen LogP) is 3.94. The quantitative estimate of drug-likeness (QED) is 0.586. The van der Waals surface area contributed by atoms with Crippen molar-refractivity contribution in [3.63, 3.8) is 0 Å². The Kier molecular flexibility index (Phi) is 5.64. The molecule has 7 heteroatoms. The first-order valence-corrected chi connectivity index (χ1v) is 9.28. The minimum atomic E-state index is -1.38. The van der Waals surface area contributed by atoms with Crippen molar-refractivity contribution in [2.45, 2.75) is 44.8 Å². The van der Waals surface area contributed by atoms with E-state index in [1.54, 1.807) is 25.1 Å². The van der Waals surface area contributed by atoms with E-state index in [0.29, 0.717) is 17.0 Å². The minimum absolute atomic E-state index is 0.0728. The Labute approximate surface area is 168 Å². The molecule has 1 aromatic carbocycles. The van der Waals surface area contributed by atoms with Gasteiger partial charge in [-0.25, -0.2) is 14.4 Å². The number of benzene rings is 1. The molecule has 3 N–H and O–H groups in total. The highest BCUT2D eigenvalue weighted by Gasteiger charge is 2.29. The standard InChI is InChI=1S/C22H24FN3O3/c1-21(2,24)15-10-17(14-4-6-16(23)7-5-14)26-20(11-15)22(3,28)9-8-19(27)18-12-29-13-25-18/h4-7,10-13,28H,8-9,24H2,1-3H3. The second-order valence-corrected chi connectivity index (χ2v) is 7.93. The summed E-state index contributed by atoms with van der Waals surface area (Å²) in [5.41, 5.74) is 6.87. The molecule has 1 unspecified atom stereocenters. The molecule has 0 aliphatic rings. The molecule has 29 heavy (non-hydrogen) atoms. The second kappa shape index (κ2) is 7.85. The third-order valence-electron chi connectivity index (χ3n) is 4.82. The minimum Gasteiger partial charge on any atom is -0.451 e. The van der Waals surface area contributed by atoms with Crippen LogP contribution < -0.4 is 5.73 Å². The van der Waals surface area contributed by atoms with Gasteiger partial charge in [0.1, 0.15) is 23.4 Å². The lowest BCUT2D eigenvalue weighted by atomic mass is 9.88. The van der Waals surface area contributed by atoms with Crippen molar-refractivity contribution in [1.29, 1.82) is 0 Å². The van der Waals surface area contributed by atoms with Gasteiger partial charge in [0.15, 0.2) is 12.2 Å². The third kappa shape index (κ3) is 4.93. The fourth-order valence-electron chi connectivity index (χ4n) is 2.91. The van der Waals surface area contributed by atoms with Gasteiger partial charge >= 0.3 is 0 Å². The molecule has 1 atom stereocenters. The van der Waals surface area contributed by atoms with E-state index in [0.717, 1.165) is 5.56 Å². The van der Waals surface area contributed by atoms with Crippen LogP contribution in [0.15, 0.2) is 53.5 Å². The number of nitrogens with two attached hydrogens (primary N) is 1. The van der Waals surface area contributed by atoms with Gasteiger partial charge < -0.3 is 15.3 Å². The molecule has 0 saturated heterocycles. The van der Waals surface area contributed by atoms with Gasteiger partial charge in [0.2, 0.25) is 0 Å². The summed E-state index contributed by atoms with van der Waals surface area (Å²) in [5, 5.41) is 11.1. The second-order valence-electron chi connectivity index (χ2n) is 7.93. The number of halogens is 1. The van der Waals surface area contributed by atoms with E-state index in [1.165, 1.54) is 24.8 Å². The van der Waals surface area contributed by atoms with E-state index in [1.807, 2.05) is 19.9 Å². The van der Waals surface area contributed by atoms with Crippen LogP contribution >= 0.6 is 0 Å². The van der Waals surface area contributed by atoms with E-state index >= 15 is 0 Å². The van der Waals surface area contributed by atoms with E-state index in [9.17, 15) is 14.3 Å². The van der Waals surface area contributed by atoms with E-state index in [-0.39, 0.29) is 30.1 Å². The first-order chi connectivity index (χ1) is 13.6.